The van der Waals surface area contributed by atoms with Gasteiger partial charge in [-0.1, -0.05) is 6.07 Å². The van der Waals surface area contributed by atoms with E-state index in [0.717, 1.165) is 0 Å². The molecule has 1 rings (SSSR count). The molecule has 0 saturated heterocycles. The summed E-state index contributed by atoms with van der Waals surface area (Å²) in [7, 11) is 0. The van der Waals surface area contributed by atoms with Crippen LogP contribution in [0.3, 0.4) is 0 Å². The van der Waals surface area contributed by atoms with E-state index in [4.69, 9.17) is 11.1 Å². The molecule has 0 heterocycles. The van der Waals surface area contributed by atoms with Crippen molar-refractivity contribution < 1.29 is 0 Å². The number of para-hydroxylation sites is 1. The molecule has 0 radical (unpaired) electrons. The van der Waals surface area contributed by atoms with E-state index < -0.39 is 0 Å². The molecular weight excluding hydrogens is 158 g/mol. The SMILES string of the molecule is N#Cc1cccc(S)c1NN. The minimum Gasteiger partial charge on any atom is -0.322 e. The number of benzene rings is 1. The number of nitrogens with zero attached hydrogens (tertiary/aromatic N) is 1. The minimum atomic E-state index is 0.500. The molecule has 0 aliphatic rings. The fraction of sp³-hybridized carbons (Fsp3) is 0. The van der Waals surface area contributed by atoms with Gasteiger partial charge in [0.25, 0.3) is 0 Å². The quantitative estimate of drug-likeness (QED) is 0.332. The van der Waals surface area contributed by atoms with E-state index in [1.807, 2.05) is 6.07 Å². The number of nitrogens with two attached hydrogens (primary N) is 1. The highest BCUT2D eigenvalue weighted by Crippen LogP contribution is 2.22. The van der Waals surface area contributed by atoms with Gasteiger partial charge in [-0.2, -0.15) is 5.26 Å². The van der Waals surface area contributed by atoms with Crippen molar-refractivity contribution in [3.8, 4) is 6.07 Å². The molecule has 0 aliphatic heterocycles. The summed E-state index contributed by atoms with van der Waals surface area (Å²) in [5.74, 6) is 5.18. The first-order chi connectivity index (χ1) is 5.29. The van der Waals surface area contributed by atoms with Crippen LogP contribution in [0.4, 0.5) is 5.69 Å². The predicted octanol–water partition coefficient (Wildman–Crippen LogP) is 1.13. The number of anilines is 1. The van der Waals surface area contributed by atoms with Crippen LogP contribution in [0.25, 0.3) is 0 Å². The average Bonchev–Trinajstić information content (AvgIpc) is 2.04. The van der Waals surface area contributed by atoms with Crippen LogP contribution < -0.4 is 11.3 Å². The Morgan fingerprint density at radius 2 is 2.27 bits per heavy atom. The van der Waals surface area contributed by atoms with Crippen molar-refractivity contribution in [2.24, 2.45) is 5.84 Å². The van der Waals surface area contributed by atoms with Crippen LogP contribution in [-0.2, 0) is 0 Å². The summed E-state index contributed by atoms with van der Waals surface area (Å²) in [5, 5.41) is 8.59. The smallest absolute Gasteiger partial charge is 0.101 e. The topological polar surface area (TPSA) is 61.8 Å². The van der Waals surface area contributed by atoms with Crippen LogP contribution in [0.15, 0.2) is 23.1 Å². The molecule has 0 amide bonds. The Balaban J connectivity index is 3.27. The number of nitriles is 1. The summed E-state index contributed by atoms with van der Waals surface area (Å²) < 4.78 is 0. The number of hydrogen-bond donors (Lipinski definition) is 3. The van der Waals surface area contributed by atoms with E-state index in [9.17, 15) is 0 Å². The second kappa shape index (κ2) is 3.28. The molecule has 0 spiro atoms. The Morgan fingerprint density at radius 1 is 1.55 bits per heavy atom. The van der Waals surface area contributed by atoms with Crippen LogP contribution in [0, 0.1) is 11.3 Å². The van der Waals surface area contributed by atoms with Gasteiger partial charge in [-0.05, 0) is 12.1 Å². The zero-order valence-electron chi connectivity index (χ0n) is 5.70. The molecule has 0 atom stereocenters. The first kappa shape index (κ1) is 7.92. The number of nitrogen functional groups attached to an aromatic ring is 1. The van der Waals surface area contributed by atoms with Crippen molar-refractivity contribution >= 4 is 18.3 Å². The largest absolute Gasteiger partial charge is 0.322 e. The second-order valence-electron chi connectivity index (χ2n) is 1.96. The Kier molecular flexibility index (Phi) is 2.36. The lowest BCUT2D eigenvalue weighted by molar-refractivity contribution is 1.28. The highest BCUT2D eigenvalue weighted by Gasteiger charge is 2.01. The molecule has 0 unspecified atom stereocenters. The zero-order valence-corrected chi connectivity index (χ0v) is 6.60. The van der Waals surface area contributed by atoms with Gasteiger partial charge in [0.15, 0.2) is 0 Å². The lowest BCUT2D eigenvalue weighted by atomic mass is 10.2. The maximum Gasteiger partial charge on any atom is 0.101 e. The third kappa shape index (κ3) is 1.45. The van der Waals surface area contributed by atoms with Gasteiger partial charge in [-0.3, -0.25) is 5.84 Å². The van der Waals surface area contributed by atoms with Gasteiger partial charge >= 0.3 is 0 Å². The van der Waals surface area contributed by atoms with Gasteiger partial charge in [0, 0.05) is 4.90 Å². The number of nitrogens with one attached hydrogen (secondary N) is 1. The molecule has 0 aromatic heterocycles. The molecule has 56 valence electrons. The number of hydrazine groups is 1. The monoisotopic (exact) mass is 165 g/mol. The molecule has 1 aromatic rings. The fourth-order valence-electron chi connectivity index (χ4n) is 0.785. The van der Waals surface area contributed by atoms with E-state index in [1.54, 1.807) is 18.2 Å². The van der Waals surface area contributed by atoms with Crippen molar-refractivity contribution in [1.29, 1.82) is 5.26 Å². The summed E-state index contributed by atoms with van der Waals surface area (Å²) >= 11 is 4.11. The van der Waals surface area contributed by atoms with Crippen molar-refractivity contribution in [1.82, 2.24) is 0 Å². The van der Waals surface area contributed by atoms with E-state index >= 15 is 0 Å². The van der Waals surface area contributed by atoms with E-state index in [-0.39, 0.29) is 0 Å². The van der Waals surface area contributed by atoms with Gasteiger partial charge in [0.2, 0.25) is 0 Å². The summed E-state index contributed by atoms with van der Waals surface area (Å²) in [6.07, 6.45) is 0. The molecule has 0 fully saturated rings. The minimum absolute atomic E-state index is 0.500. The summed E-state index contributed by atoms with van der Waals surface area (Å²) in [4.78, 5) is 0.673. The first-order valence-electron chi connectivity index (χ1n) is 2.98. The molecule has 3 N–H and O–H groups in total. The van der Waals surface area contributed by atoms with Crippen LogP contribution >= 0.6 is 12.6 Å². The van der Waals surface area contributed by atoms with Crippen molar-refractivity contribution in [3.05, 3.63) is 23.8 Å². The third-order valence-electron chi connectivity index (χ3n) is 1.31. The van der Waals surface area contributed by atoms with Gasteiger partial charge in [0.05, 0.1) is 11.3 Å². The van der Waals surface area contributed by atoms with Gasteiger partial charge in [-0.25, -0.2) is 0 Å². The highest BCUT2D eigenvalue weighted by molar-refractivity contribution is 7.80. The first-order valence-corrected chi connectivity index (χ1v) is 3.43. The van der Waals surface area contributed by atoms with Gasteiger partial charge in [0.1, 0.15) is 6.07 Å². The number of rotatable bonds is 1. The normalized spacial score (nSPS) is 8.82. The summed E-state index contributed by atoms with van der Waals surface area (Å²) in [6.45, 7) is 0. The molecule has 4 heteroatoms. The van der Waals surface area contributed by atoms with Crippen LogP contribution in [-0.4, -0.2) is 0 Å². The van der Waals surface area contributed by atoms with Crippen molar-refractivity contribution in [2.75, 3.05) is 5.43 Å². The Morgan fingerprint density at radius 3 is 2.73 bits per heavy atom. The highest BCUT2D eigenvalue weighted by atomic mass is 32.1. The van der Waals surface area contributed by atoms with Gasteiger partial charge < -0.3 is 5.43 Å². The third-order valence-corrected chi connectivity index (χ3v) is 1.68. The number of hydrogen-bond acceptors (Lipinski definition) is 4. The average molecular weight is 165 g/mol. The van der Waals surface area contributed by atoms with Crippen LogP contribution in [0.1, 0.15) is 5.56 Å². The molecule has 11 heavy (non-hydrogen) atoms. The Labute approximate surface area is 70.2 Å². The zero-order chi connectivity index (χ0) is 8.27. The maximum absolute atomic E-state index is 8.59. The van der Waals surface area contributed by atoms with Crippen LogP contribution in [0.2, 0.25) is 0 Å². The second-order valence-corrected chi connectivity index (χ2v) is 2.44. The molecule has 3 nitrogen and oxygen atoms in total. The Bertz CT molecular complexity index is 303. The van der Waals surface area contributed by atoms with Crippen LogP contribution in [0.5, 0.6) is 0 Å². The standard InChI is InChI=1S/C7H7N3S/c8-4-5-2-1-3-6(11)7(5)10-9/h1-3,10-11H,9H2. The van der Waals surface area contributed by atoms with Crippen molar-refractivity contribution in [2.45, 2.75) is 4.90 Å². The molecule has 1 aromatic carbocycles. The molecule has 0 saturated carbocycles. The number of thiol groups is 1. The summed E-state index contributed by atoms with van der Waals surface area (Å²) in [5.41, 5.74) is 3.48. The lowest BCUT2D eigenvalue weighted by Gasteiger charge is -2.04. The predicted molar refractivity (Wildman–Crippen MR) is 46.2 cm³/mol. The summed E-state index contributed by atoms with van der Waals surface area (Å²) in [6, 6.07) is 7.19. The fourth-order valence-corrected chi connectivity index (χ4v) is 1.06. The molecular formula is C7H7N3S. The Hall–Kier alpha value is -1.18. The lowest BCUT2D eigenvalue weighted by Crippen LogP contribution is -2.08. The van der Waals surface area contributed by atoms with Crippen molar-refractivity contribution in [3.63, 3.8) is 0 Å². The molecule has 0 aliphatic carbocycles. The molecule has 0 bridgehead atoms. The van der Waals surface area contributed by atoms with E-state index in [0.29, 0.717) is 16.1 Å². The maximum atomic E-state index is 8.59. The van der Waals surface area contributed by atoms with E-state index in [1.165, 1.54) is 0 Å². The van der Waals surface area contributed by atoms with E-state index in [2.05, 4.69) is 18.1 Å². The van der Waals surface area contributed by atoms with Gasteiger partial charge in [-0.15, -0.1) is 12.6 Å².